The topological polar surface area (TPSA) is 125 Å². The van der Waals surface area contributed by atoms with E-state index in [0.29, 0.717) is 22.9 Å². The van der Waals surface area contributed by atoms with Crippen LogP contribution in [0.1, 0.15) is 5.56 Å². The van der Waals surface area contributed by atoms with Crippen molar-refractivity contribution < 1.29 is 19.1 Å². The average Bonchev–Trinajstić information content (AvgIpc) is 2.59. The normalized spacial score (nSPS) is 11.6. The lowest BCUT2D eigenvalue weighted by atomic mass is 10.1. The van der Waals surface area contributed by atoms with Crippen LogP contribution in [0.15, 0.2) is 41.3 Å². The maximum Gasteiger partial charge on any atom is 0.325 e. The Balaban J connectivity index is 1.96. The number of H-pyrrole nitrogens is 1. The molecule has 0 saturated heterocycles. The predicted molar refractivity (Wildman–Crippen MR) is 92.8 cm³/mol. The zero-order chi connectivity index (χ0) is 18.0. The number of nitrogens with zero attached hydrogens (tertiary/aromatic N) is 2. The summed E-state index contributed by atoms with van der Waals surface area (Å²) < 4.78 is 16.2. The molecule has 0 atom stereocenters. The number of nitrogens with one attached hydrogen (secondary N) is 1. The zero-order valence-electron chi connectivity index (χ0n) is 13.3. The highest BCUT2D eigenvalue weighted by Crippen LogP contribution is 2.35. The summed E-state index contributed by atoms with van der Waals surface area (Å²) in [5.41, 5.74) is 1.85. The van der Waals surface area contributed by atoms with Gasteiger partial charge >= 0.3 is 7.60 Å². The van der Waals surface area contributed by atoms with E-state index in [0.717, 1.165) is 11.1 Å². The molecular formula is C16H16N3O5P. The number of rotatable bonds is 5. The van der Waals surface area contributed by atoms with E-state index in [1.54, 1.807) is 18.2 Å². The summed E-state index contributed by atoms with van der Waals surface area (Å²) in [6.45, 7) is 0. The van der Waals surface area contributed by atoms with Gasteiger partial charge in [0, 0.05) is 10.9 Å². The van der Waals surface area contributed by atoms with Crippen molar-refractivity contribution in [2.45, 2.75) is 6.42 Å². The van der Waals surface area contributed by atoms with Gasteiger partial charge in [-0.1, -0.05) is 24.3 Å². The minimum atomic E-state index is -4.01. The van der Waals surface area contributed by atoms with Gasteiger partial charge in [-0.2, -0.15) is 5.10 Å². The fourth-order valence-corrected chi connectivity index (χ4v) is 3.05. The van der Waals surface area contributed by atoms with Gasteiger partial charge in [-0.15, -0.1) is 0 Å². The number of fused-ring (bicyclic) bond motifs is 1. The van der Waals surface area contributed by atoms with Gasteiger partial charge in [-0.3, -0.25) is 9.36 Å². The molecule has 2 heterocycles. The number of ether oxygens (including phenoxy) is 1. The first-order chi connectivity index (χ1) is 11.9. The fourth-order valence-electron chi connectivity index (χ4n) is 2.50. The lowest BCUT2D eigenvalue weighted by Crippen LogP contribution is -2.10. The van der Waals surface area contributed by atoms with Gasteiger partial charge in [0.25, 0.3) is 5.56 Å². The number of hydrogen-bond donors (Lipinski definition) is 3. The Bertz CT molecular complexity index is 1010. The van der Waals surface area contributed by atoms with Crippen molar-refractivity contribution in [2.75, 3.05) is 13.3 Å². The molecule has 3 aromatic rings. The van der Waals surface area contributed by atoms with E-state index in [4.69, 9.17) is 14.5 Å². The Morgan fingerprint density at radius 3 is 2.60 bits per heavy atom. The van der Waals surface area contributed by atoms with E-state index >= 15 is 0 Å². The summed E-state index contributed by atoms with van der Waals surface area (Å²) in [6, 6.07) is 8.94. The third-order valence-corrected chi connectivity index (χ3v) is 4.55. The van der Waals surface area contributed by atoms with Crippen molar-refractivity contribution in [2.24, 2.45) is 0 Å². The Kier molecular flexibility index (Phi) is 4.67. The number of aromatic amines is 1. The van der Waals surface area contributed by atoms with Gasteiger partial charge in [0.05, 0.1) is 25.2 Å². The van der Waals surface area contributed by atoms with Crippen LogP contribution in [-0.2, 0) is 11.0 Å². The van der Waals surface area contributed by atoms with Crippen molar-refractivity contribution in [1.29, 1.82) is 0 Å². The molecule has 0 aliphatic heterocycles. The van der Waals surface area contributed by atoms with Crippen LogP contribution in [-0.4, -0.2) is 38.2 Å². The van der Waals surface area contributed by atoms with E-state index in [2.05, 4.69) is 15.2 Å². The van der Waals surface area contributed by atoms with E-state index in [1.165, 1.54) is 13.3 Å². The predicted octanol–water partition coefficient (Wildman–Crippen LogP) is 1.71. The van der Waals surface area contributed by atoms with Crippen LogP contribution in [0.25, 0.3) is 22.0 Å². The number of hydrogen-bond acceptors (Lipinski definition) is 5. The van der Waals surface area contributed by atoms with Gasteiger partial charge in [-0.05, 0) is 18.1 Å². The molecule has 1 aromatic carbocycles. The highest BCUT2D eigenvalue weighted by atomic mass is 31.2. The number of aromatic nitrogens is 3. The fraction of sp³-hybridized carbons (Fsp3) is 0.188. The summed E-state index contributed by atoms with van der Waals surface area (Å²) in [5.74, 6) is 0.210. The van der Waals surface area contributed by atoms with Gasteiger partial charge in [0.2, 0.25) is 5.88 Å². The van der Waals surface area contributed by atoms with Crippen LogP contribution in [0.4, 0.5) is 0 Å². The molecule has 0 aliphatic rings. The molecule has 0 amide bonds. The standard InChI is InChI=1S/C16H16N3O5P/c1-24-16-14-12(9-17-19-15(14)20)8-13(18-16)11-4-2-10(3-5-11)6-7-25(21,22)23/h2-5,8-9H,6-7H2,1H3,(H,19,20)(H2,21,22,23). The van der Waals surface area contributed by atoms with Crippen molar-refractivity contribution in [3.8, 4) is 17.1 Å². The molecule has 0 saturated carbocycles. The van der Waals surface area contributed by atoms with E-state index in [1.807, 2.05) is 12.1 Å². The summed E-state index contributed by atoms with van der Waals surface area (Å²) in [6.07, 6.45) is 1.63. The second-order valence-electron chi connectivity index (χ2n) is 5.52. The van der Waals surface area contributed by atoms with Crippen molar-refractivity contribution in [1.82, 2.24) is 15.2 Å². The SMILES string of the molecule is COc1nc(-c2ccc(CCP(=O)(O)O)cc2)cc2cn[nH]c(=O)c12. The lowest BCUT2D eigenvalue weighted by molar-refractivity contribution is 0.373. The molecule has 9 heteroatoms. The van der Waals surface area contributed by atoms with E-state index in [9.17, 15) is 9.36 Å². The first-order valence-electron chi connectivity index (χ1n) is 7.44. The van der Waals surface area contributed by atoms with Crippen molar-refractivity contribution in [3.63, 3.8) is 0 Å². The van der Waals surface area contributed by atoms with Gasteiger partial charge in [0.1, 0.15) is 5.39 Å². The summed E-state index contributed by atoms with van der Waals surface area (Å²) in [4.78, 5) is 34.2. The Morgan fingerprint density at radius 2 is 1.96 bits per heavy atom. The van der Waals surface area contributed by atoms with Crippen LogP contribution >= 0.6 is 7.60 Å². The Hall–Kier alpha value is -2.54. The molecule has 0 radical (unpaired) electrons. The molecular weight excluding hydrogens is 345 g/mol. The number of pyridine rings is 1. The number of aryl methyl sites for hydroxylation is 1. The zero-order valence-corrected chi connectivity index (χ0v) is 14.2. The number of benzene rings is 1. The first-order valence-corrected chi connectivity index (χ1v) is 9.23. The van der Waals surface area contributed by atoms with E-state index in [-0.39, 0.29) is 17.6 Å². The lowest BCUT2D eigenvalue weighted by Gasteiger charge is -2.08. The molecule has 8 nitrogen and oxygen atoms in total. The highest BCUT2D eigenvalue weighted by molar-refractivity contribution is 7.51. The van der Waals surface area contributed by atoms with Crippen molar-refractivity contribution in [3.05, 3.63) is 52.4 Å². The molecule has 2 aromatic heterocycles. The summed E-state index contributed by atoms with van der Waals surface area (Å²) in [5, 5.41) is 7.08. The molecule has 25 heavy (non-hydrogen) atoms. The molecule has 3 rings (SSSR count). The quantitative estimate of drug-likeness (QED) is 0.591. The smallest absolute Gasteiger partial charge is 0.325 e. The average molecular weight is 361 g/mol. The van der Waals surface area contributed by atoms with Crippen LogP contribution < -0.4 is 10.3 Å². The minimum absolute atomic E-state index is 0.192. The highest BCUT2D eigenvalue weighted by Gasteiger charge is 2.14. The molecule has 0 aliphatic carbocycles. The molecule has 0 spiro atoms. The van der Waals surface area contributed by atoms with Gasteiger partial charge in [-0.25, -0.2) is 10.1 Å². The van der Waals surface area contributed by atoms with Crippen LogP contribution in [0.2, 0.25) is 0 Å². The third kappa shape index (κ3) is 3.93. The Morgan fingerprint density at radius 1 is 1.24 bits per heavy atom. The largest absolute Gasteiger partial charge is 0.480 e. The van der Waals surface area contributed by atoms with Crippen LogP contribution in [0, 0.1) is 0 Å². The first kappa shape index (κ1) is 17.3. The summed E-state index contributed by atoms with van der Waals surface area (Å²) in [7, 11) is -2.57. The second-order valence-corrected chi connectivity index (χ2v) is 7.29. The Labute approximate surface area is 142 Å². The maximum atomic E-state index is 11.9. The number of methoxy groups -OCH3 is 1. The summed E-state index contributed by atoms with van der Waals surface area (Å²) >= 11 is 0. The van der Waals surface area contributed by atoms with E-state index < -0.39 is 7.60 Å². The molecule has 3 N–H and O–H groups in total. The molecule has 0 bridgehead atoms. The molecule has 0 fully saturated rings. The van der Waals surface area contributed by atoms with Gasteiger partial charge < -0.3 is 14.5 Å². The van der Waals surface area contributed by atoms with Crippen LogP contribution in [0.5, 0.6) is 5.88 Å². The molecule has 130 valence electrons. The molecule has 0 unspecified atom stereocenters. The minimum Gasteiger partial charge on any atom is -0.480 e. The maximum absolute atomic E-state index is 11.9. The monoisotopic (exact) mass is 361 g/mol. The van der Waals surface area contributed by atoms with Crippen LogP contribution in [0.3, 0.4) is 0 Å². The third-order valence-electron chi connectivity index (χ3n) is 3.75. The van der Waals surface area contributed by atoms with Crippen molar-refractivity contribution >= 4 is 18.4 Å². The second kappa shape index (κ2) is 6.76. The van der Waals surface area contributed by atoms with Gasteiger partial charge in [0.15, 0.2) is 0 Å².